The van der Waals surface area contributed by atoms with Gasteiger partial charge in [-0.2, -0.15) is 0 Å². The Kier molecular flexibility index (Phi) is 9.96. The third kappa shape index (κ3) is 15.7. The summed E-state index contributed by atoms with van der Waals surface area (Å²) < 4.78 is 20.0. The highest BCUT2D eigenvalue weighted by Crippen LogP contribution is 2.30. The fourth-order valence-electron chi connectivity index (χ4n) is 3.81. The van der Waals surface area contributed by atoms with Crippen molar-refractivity contribution in [2.75, 3.05) is 0 Å². The highest BCUT2D eigenvalue weighted by Gasteiger charge is 2.38. The van der Waals surface area contributed by atoms with Crippen molar-refractivity contribution in [3.63, 3.8) is 0 Å². The fourth-order valence-corrected chi connectivity index (χ4v) is 34.3. The van der Waals surface area contributed by atoms with E-state index in [0.29, 0.717) is 0 Å². The van der Waals surface area contributed by atoms with E-state index in [0.717, 1.165) is 0 Å². The minimum Gasteiger partial charge on any atom is -0.456 e. The molecule has 0 saturated heterocycles. The van der Waals surface area contributed by atoms with Gasteiger partial charge in [-0.3, -0.25) is 0 Å². The molecule has 164 valence electrons. The molecule has 0 rings (SSSR count). The molecule has 0 N–H and O–H groups in total. The minimum absolute atomic E-state index is 1.24. The second-order valence-corrected chi connectivity index (χ2v) is 39.5. The summed E-state index contributed by atoms with van der Waals surface area (Å²) in [4.78, 5) is 0. The number of hydrogen-bond donors (Lipinski definition) is 0. The lowest BCUT2D eigenvalue weighted by molar-refractivity contribution is 0.523. The highest BCUT2D eigenvalue weighted by atomic mass is 28.4. The van der Waals surface area contributed by atoms with Crippen LogP contribution in [0.4, 0.5) is 0 Å². The van der Waals surface area contributed by atoms with Crippen LogP contribution in [0.15, 0.2) is 0 Å². The Morgan fingerprint density at radius 3 is 0.704 bits per heavy atom. The van der Waals surface area contributed by atoms with Crippen molar-refractivity contribution in [1.29, 1.82) is 0 Å². The summed E-state index contributed by atoms with van der Waals surface area (Å²) in [5.41, 5.74) is 0. The molecule has 0 atom stereocenters. The molecule has 0 spiro atoms. The summed E-state index contributed by atoms with van der Waals surface area (Å²) in [5.74, 6) is 0. The second kappa shape index (κ2) is 9.54. The zero-order chi connectivity index (χ0) is 21.9. The average molecular weight is 483 g/mol. The first-order valence-electron chi connectivity index (χ1n) is 10.6. The van der Waals surface area contributed by atoms with Crippen molar-refractivity contribution in [1.82, 2.24) is 0 Å². The predicted molar refractivity (Wildman–Crippen MR) is 139 cm³/mol. The van der Waals surface area contributed by atoms with Crippen molar-refractivity contribution < 1.29 is 12.3 Å². The van der Waals surface area contributed by atoms with Crippen LogP contribution < -0.4 is 0 Å². The van der Waals surface area contributed by atoms with Crippen molar-refractivity contribution in [2.45, 2.75) is 116 Å². The van der Waals surface area contributed by atoms with Crippen molar-refractivity contribution >= 4 is 49.9 Å². The Balaban J connectivity index is 4.72. The summed E-state index contributed by atoms with van der Waals surface area (Å²) in [6, 6.07) is 4.94. The van der Waals surface area contributed by atoms with Gasteiger partial charge in [0.2, 0.25) is 0 Å². The smallest absolute Gasteiger partial charge is 0.173 e. The lowest BCUT2D eigenvalue weighted by Gasteiger charge is -2.39. The lowest BCUT2D eigenvalue weighted by Crippen LogP contribution is -2.49. The average Bonchev–Trinajstić information content (AvgIpc) is 2.28. The van der Waals surface area contributed by atoms with Crippen LogP contribution in [0.25, 0.3) is 0 Å². The van der Waals surface area contributed by atoms with E-state index in [4.69, 9.17) is 12.3 Å². The standard InChI is InChI=1S/C18H50O3Si6/c1-22(2,3)19-24(7,8)15-17-26(11,12)21-27(13,14)18-16-25(9,10)20-23(4,5)6/h15-18H2,1-14H3. The van der Waals surface area contributed by atoms with Crippen LogP contribution in [0.5, 0.6) is 0 Å². The maximum atomic E-state index is 6.91. The molecule has 0 aromatic carbocycles. The van der Waals surface area contributed by atoms with Gasteiger partial charge in [0.1, 0.15) is 0 Å². The fraction of sp³-hybridized carbons (Fsp3) is 1.00. The maximum Gasteiger partial charge on any atom is 0.173 e. The van der Waals surface area contributed by atoms with Gasteiger partial charge in [-0.25, -0.2) is 0 Å². The normalized spacial score (nSPS) is 15.3. The molecule has 0 heterocycles. The van der Waals surface area contributed by atoms with Crippen LogP contribution in [-0.2, 0) is 12.3 Å². The SMILES string of the molecule is C[Si](C)(C)O[Si](C)(C)CC[Si](C)(C)O[Si](C)(C)CC[Si](C)(C)O[Si](C)(C)C. The van der Waals surface area contributed by atoms with Gasteiger partial charge in [0.15, 0.2) is 49.9 Å². The van der Waals surface area contributed by atoms with E-state index in [1.807, 2.05) is 0 Å². The molecule has 0 aliphatic carbocycles. The molecule has 0 unspecified atom stereocenters. The Hall–Kier alpha value is 1.18. The van der Waals surface area contributed by atoms with E-state index in [9.17, 15) is 0 Å². The Morgan fingerprint density at radius 1 is 0.333 bits per heavy atom. The minimum atomic E-state index is -1.65. The van der Waals surface area contributed by atoms with Crippen molar-refractivity contribution in [2.24, 2.45) is 0 Å². The van der Waals surface area contributed by atoms with Gasteiger partial charge in [0.25, 0.3) is 0 Å². The van der Waals surface area contributed by atoms with Gasteiger partial charge >= 0.3 is 0 Å². The first-order chi connectivity index (χ1) is 11.5. The first-order valence-corrected chi connectivity index (χ1v) is 29.9. The molecule has 0 fully saturated rings. The molecule has 0 saturated carbocycles. The quantitative estimate of drug-likeness (QED) is 0.269. The molecule has 9 heteroatoms. The molecular formula is C18H50O3Si6. The van der Waals surface area contributed by atoms with E-state index < -0.39 is 49.9 Å². The zero-order valence-corrected chi connectivity index (χ0v) is 27.1. The largest absolute Gasteiger partial charge is 0.456 e. The summed E-state index contributed by atoms with van der Waals surface area (Å²) >= 11 is 0. The van der Waals surface area contributed by atoms with Gasteiger partial charge < -0.3 is 12.3 Å². The molecule has 0 bridgehead atoms. The zero-order valence-electron chi connectivity index (χ0n) is 21.1. The van der Waals surface area contributed by atoms with Crippen LogP contribution in [0, 0.1) is 0 Å². The maximum absolute atomic E-state index is 6.91. The molecule has 0 amide bonds. The molecule has 0 aliphatic heterocycles. The Morgan fingerprint density at radius 2 is 0.519 bits per heavy atom. The molecule has 3 nitrogen and oxygen atoms in total. The van der Waals surface area contributed by atoms with E-state index in [2.05, 4.69) is 91.7 Å². The molecule has 0 radical (unpaired) electrons. The van der Waals surface area contributed by atoms with Crippen LogP contribution in [0.1, 0.15) is 0 Å². The predicted octanol–water partition coefficient (Wildman–Crippen LogP) is 7.53. The second-order valence-electron chi connectivity index (χ2n) is 12.6. The van der Waals surface area contributed by atoms with Crippen LogP contribution in [0.3, 0.4) is 0 Å². The number of rotatable bonds is 12. The van der Waals surface area contributed by atoms with Crippen molar-refractivity contribution in [3.8, 4) is 0 Å². The third-order valence-electron chi connectivity index (χ3n) is 4.38. The molecule has 0 aliphatic rings. The van der Waals surface area contributed by atoms with Gasteiger partial charge in [-0.05, 0) is 116 Å². The topological polar surface area (TPSA) is 27.7 Å². The monoisotopic (exact) mass is 482 g/mol. The van der Waals surface area contributed by atoms with Crippen LogP contribution in [-0.4, -0.2) is 49.9 Å². The van der Waals surface area contributed by atoms with E-state index in [1.54, 1.807) is 0 Å². The van der Waals surface area contributed by atoms with E-state index >= 15 is 0 Å². The van der Waals surface area contributed by atoms with Crippen molar-refractivity contribution in [3.05, 3.63) is 0 Å². The van der Waals surface area contributed by atoms with E-state index in [-0.39, 0.29) is 0 Å². The summed E-state index contributed by atoms with van der Waals surface area (Å²) in [6.45, 7) is 33.1. The van der Waals surface area contributed by atoms with Crippen LogP contribution in [0.2, 0.25) is 116 Å². The third-order valence-corrected chi connectivity index (χ3v) is 24.9. The first kappa shape index (κ1) is 28.2. The molecule has 0 aromatic rings. The van der Waals surface area contributed by atoms with Gasteiger partial charge in [-0.15, -0.1) is 0 Å². The number of hydrogen-bond acceptors (Lipinski definition) is 3. The van der Waals surface area contributed by atoms with Gasteiger partial charge in [0.05, 0.1) is 0 Å². The molecule has 27 heavy (non-hydrogen) atoms. The van der Waals surface area contributed by atoms with Gasteiger partial charge in [-0.1, -0.05) is 0 Å². The summed E-state index contributed by atoms with van der Waals surface area (Å²) in [7, 11) is -9.36. The molecular weight excluding hydrogens is 433 g/mol. The van der Waals surface area contributed by atoms with E-state index in [1.165, 1.54) is 24.2 Å². The summed E-state index contributed by atoms with van der Waals surface area (Å²) in [5, 5.41) is 0. The molecule has 0 aromatic heterocycles. The Labute approximate surface area is 177 Å². The highest BCUT2D eigenvalue weighted by molar-refractivity contribution is 6.89. The lowest BCUT2D eigenvalue weighted by atomic mass is 10.9. The van der Waals surface area contributed by atoms with Gasteiger partial charge in [0, 0.05) is 0 Å². The summed E-state index contributed by atoms with van der Waals surface area (Å²) in [6.07, 6.45) is 0. The van der Waals surface area contributed by atoms with Crippen LogP contribution >= 0.6 is 0 Å². The Bertz CT molecular complexity index is 423.